The van der Waals surface area contributed by atoms with Crippen LogP contribution in [-0.4, -0.2) is 18.6 Å². The Morgan fingerprint density at radius 1 is 1.44 bits per heavy atom. The van der Waals surface area contributed by atoms with E-state index in [9.17, 15) is 9.59 Å². The second-order valence-corrected chi connectivity index (χ2v) is 4.34. The van der Waals surface area contributed by atoms with Gasteiger partial charge in [-0.1, -0.05) is 0 Å². The molecule has 2 N–H and O–H groups in total. The van der Waals surface area contributed by atoms with E-state index in [0.29, 0.717) is 11.3 Å². The average Bonchev–Trinajstić information content (AvgIpc) is 2.87. The van der Waals surface area contributed by atoms with Crippen molar-refractivity contribution in [2.45, 2.75) is 6.04 Å². The quantitative estimate of drug-likeness (QED) is 0.712. The van der Waals surface area contributed by atoms with Crippen molar-refractivity contribution < 1.29 is 14.3 Å². The molecular weight excluding hydrogens is 228 g/mol. The fourth-order valence-electron chi connectivity index (χ4n) is 1.88. The van der Waals surface area contributed by atoms with Crippen LogP contribution in [0.3, 0.4) is 0 Å². The molecule has 16 heavy (non-hydrogen) atoms. The molecule has 0 saturated heterocycles. The minimum Gasteiger partial charge on any atom is -0.456 e. The van der Waals surface area contributed by atoms with Gasteiger partial charge < -0.3 is 15.4 Å². The minimum atomic E-state index is -0.384. The van der Waals surface area contributed by atoms with Crippen molar-refractivity contribution in [3.8, 4) is 0 Å². The maximum Gasteiger partial charge on any atom is 0.338 e. The third-order valence-corrected chi connectivity index (χ3v) is 3.30. The van der Waals surface area contributed by atoms with Crippen LogP contribution in [0.1, 0.15) is 11.6 Å². The highest BCUT2D eigenvalue weighted by molar-refractivity contribution is 7.08. The lowest BCUT2D eigenvalue weighted by Crippen LogP contribution is -2.44. The predicted molar refractivity (Wildman–Crippen MR) is 56.7 cm³/mol. The molecule has 0 bridgehead atoms. The van der Waals surface area contributed by atoms with Crippen molar-refractivity contribution >= 4 is 23.3 Å². The summed E-state index contributed by atoms with van der Waals surface area (Å²) in [7, 11) is 0. The van der Waals surface area contributed by atoms with Crippen LogP contribution < -0.4 is 10.6 Å². The highest BCUT2D eigenvalue weighted by Gasteiger charge is 2.37. The minimum absolute atomic E-state index is 0.155. The molecule has 0 aliphatic carbocycles. The molecule has 6 heteroatoms. The summed E-state index contributed by atoms with van der Waals surface area (Å²) in [6, 6.07) is 1.20. The normalized spacial score (nSPS) is 23.6. The number of nitrogens with one attached hydrogen (secondary N) is 2. The predicted octanol–water partition coefficient (Wildman–Crippen LogP) is 0.913. The van der Waals surface area contributed by atoms with Crippen molar-refractivity contribution in [2.75, 3.05) is 6.61 Å². The number of carbonyl (C=O) groups is 2. The molecule has 0 fully saturated rings. The van der Waals surface area contributed by atoms with Crippen molar-refractivity contribution in [3.63, 3.8) is 0 Å². The molecule has 0 aromatic carbocycles. The van der Waals surface area contributed by atoms with E-state index in [4.69, 9.17) is 4.74 Å². The lowest BCUT2D eigenvalue weighted by atomic mass is 9.99. The van der Waals surface area contributed by atoms with Crippen LogP contribution in [0, 0.1) is 0 Å². The van der Waals surface area contributed by atoms with Crippen LogP contribution >= 0.6 is 11.3 Å². The van der Waals surface area contributed by atoms with E-state index in [1.807, 2.05) is 16.8 Å². The molecule has 82 valence electrons. The van der Waals surface area contributed by atoms with E-state index >= 15 is 0 Å². The van der Waals surface area contributed by atoms with Gasteiger partial charge >= 0.3 is 12.0 Å². The van der Waals surface area contributed by atoms with E-state index in [-0.39, 0.29) is 24.6 Å². The van der Waals surface area contributed by atoms with Gasteiger partial charge in [0.15, 0.2) is 0 Å². The zero-order valence-corrected chi connectivity index (χ0v) is 8.97. The fourth-order valence-corrected chi connectivity index (χ4v) is 2.56. The number of rotatable bonds is 1. The van der Waals surface area contributed by atoms with Gasteiger partial charge in [-0.15, -0.1) is 0 Å². The Morgan fingerprint density at radius 3 is 3.06 bits per heavy atom. The number of carbonyl (C=O) groups excluding carboxylic acids is 2. The van der Waals surface area contributed by atoms with Crippen LogP contribution in [0.15, 0.2) is 28.1 Å². The van der Waals surface area contributed by atoms with Gasteiger partial charge in [0, 0.05) is 0 Å². The van der Waals surface area contributed by atoms with E-state index in [1.54, 1.807) is 0 Å². The van der Waals surface area contributed by atoms with Crippen LogP contribution in [-0.2, 0) is 9.53 Å². The number of esters is 1. The molecule has 3 rings (SSSR count). The molecule has 0 spiro atoms. The van der Waals surface area contributed by atoms with Gasteiger partial charge in [-0.25, -0.2) is 9.59 Å². The van der Waals surface area contributed by atoms with E-state index in [1.165, 1.54) is 11.3 Å². The Hall–Kier alpha value is -1.82. The number of urea groups is 1. The van der Waals surface area contributed by atoms with Crippen molar-refractivity contribution in [1.29, 1.82) is 0 Å². The number of hydrogen-bond acceptors (Lipinski definition) is 4. The Balaban J connectivity index is 2.07. The maximum absolute atomic E-state index is 11.6. The van der Waals surface area contributed by atoms with Crippen molar-refractivity contribution in [3.05, 3.63) is 33.7 Å². The van der Waals surface area contributed by atoms with Crippen LogP contribution in [0.25, 0.3) is 0 Å². The largest absolute Gasteiger partial charge is 0.456 e. The first-order valence-corrected chi connectivity index (χ1v) is 5.70. The Labute approximate surface area is 95.1 Å². The zero-order valence-electron chi connectivity index (χ0n) is 8.15. The highest BCUT2D eigenvalue weighted by Crippen LogP contribution is 2.31. The summed E-state index contributed by atoms with van der Waals surface area (Å²) in [5, 5.41) is 9.12. The monoisotopic (exact) mass is 236 g/mol. The number of thiophene rings is 1. The van der Waals surface area contributed by atoms with Crippen LogP contribution in [0.4, 0.5) is 4.79 Å². The van der Waals surface area contributed by atoms with Crippen molar-refractivity contribution in [2.24, 2.45) is 0 Å². The van der Waals surface area contributed by atoms with Gasteiger partial charge in [0.1, 0.15) is 6.61 Å². The van der Waals surface area contributed by atoms with E-state index in [0.717, 1.165) is 5.56 Å². The Kier molecular flexibility index (Phi) is 1.97. The molecule has 5 nitrogen and oxygen atoms in total. The molecule has 1 unspecified atom stereocenters. The summed E-state index contributed by atoms with van der Waals surface area (Å²) < 4.78 is 4.91. The first kappa shape index (κ1) is 9.41. The van der Waals surface area contributed by atoms with E-state index in [2.05, 4.69) is 10.6 Å². The SMILES string of the molecule is O=C1NC2=C(C(=O)OC2)C(c2ccsc2)N1. The zero-order chi connectivity index (χ0) is 11.1. The van der Waals surface area contributed by atoms with Gasteiger partial charge in [0.2, 0.25) is 0 Å². The molecule has 2 aliphatic rings. The summed E-state index contributed by atoms with van der Waals surface area (Å²) in [6.07, 6.45) is 0. The number of cyclic esters (lactones) is 1. The first-order valence-electron chi connectivity index (χ1n) is 4.75. The second-order valence-electron chi connectivity index (χ2n) is 3.56. The fraction of sp³-hybridized carbons (Fsp3) is 0.200. The van der Waals surface area contributed by atoms with Crippen LogP contribution in [0.2, 0.25) is 0 Å². The molecule has 2 amide bonds. The molecule has 0 saturated carbocycles. The maximum atomic E-state index is 11.6. The molecule has 0 radical (unpaired) electrons. The lowest BCUT2D eigenvalue weighted by Gasteiger charge is -2.23. The standard InChI is InChI=1S/C10H8N2O3S/c13-9-7-6(3-15-9)11-10(14)12-8(7)5-1-2-16-4-5/h1-2,4,8H,3H2,(H2,11,12,14). The second kappa shape index (κ2) is 3.34. The lowest BCUT2D eigenvalue weighted by molar-refractivity contribution is -0.136. The Morgan fingerprint density at radius 2 is 2.31 bits per heavy atom. The topological polar surface area (TPSA) is 67.4 Å². The van der Waals surface area contributed by atoms with Crippen LogP contribution in [0.5, 0.6) is 0 Å². The molecule has 1 aromatic rings. The molecule has 1 atom stereocenters. The molecule has 2 aliphatic heterocycles. The number of ether oxygens (including phenoxy) is 1. The van der Waals surface area contributed by atoms with Gasteiger partial charge in [-0.05, 0) is 22.4 Å². The van der Waals surface area contributed by atoms with Crippen molar-refractivity contribution in [1.82, 2.24) is 10.6 Å². The number of amides is 2. The average molecular weight is 236 g/mol. The van der Waals surface area contributed by atoms with Gasteiger partial charge in [-0.3, -0.25) is 0 Å². The smallest absolute Gasteiger partial charge is 0.338 e. The third-order valence-electron chi connectivity index (χ3n) is 2.60. The Bertz CT molecular complexity index is 492. The summed E-state index contributed by atoms with van der Waals surface area (Å²) in [4.78, 5) is 23.0. The first-order chi connectivity index (χ1) is 7.75. The molecular formula is C10H8N2O3S. The van der Waals surface area contributed by atoms with Gasteiger partial charge in [-0.2, -0.15) is 11.3 Å². The highest BCUT2D eigenvalue weighted by atomic mass is 32.1. The summed E-state index contributed by atoms with van der Waals surface area (Å²) >= 11 is 1.52. The third kappa shape index (κ3) is 1.30. The van der Waals surface area contributed by atoms with E-state index < -0.39 is 0 Å². The van der Waals surface area contributed by atoms with Gasteiger partial charge in [0.25, 0.3) is 0 Å². The molecule has 3 heterocycles. The summed E-state index contributed by atoms with van der Waals surface area (Å²) in [5.74, 6) is -0.362. The van der Waals surface area contributed by atoms with Gasteiger partial charge in [0.05, 0.1) is 17.3 Å². The summed E-state index contributed by atoms with van der Waals surface area (Å²) in [5.41, 5.74) is 1.99. The molecule has 1 aromatic heterocycles. The summed E-state index contributed by atoms with van der Waals surface area (Å²) in [6.45, 7) is 0.155. The number of hydrogen-bond donors (Lipinski definition) is 2.